The lowest BCUT2D eigenvalue weighted by molar-refractivity contribution is -0.603. The molecule has 0 aliphatic rings. The van der Waals surface area contributed by atoms with Crippen LogP contribution in [0.25, 0.3) is 21.9 Å². The lowest BCUT2D eigenvalue weighted by Crippen LogP contribution is -2.23. The van der Waals surface area contributed by atoms with E-state index < -0.39 is 0 Å². The Labute approximate surface area is 104 Å². The van der Waals surface area contributed by atoms with Gasteiger partial charge in [-0.25, -0.2) is 4.39 Å². The van der Waals surface area contributed by atoms with Crippen molar-refractivity contribution in [1.29, 1.82) is 0 Å². The molecule has 0 N–H and O–H groups in total. The first-order chi connectivity index (χ1) is 8.74. The zero-order valence-corrected chi connectivity index (χ0v) is 9.51. The number of aromatic nitrogens is 1. The minimum absolute atomic E-state index is 0.253. The summed E-state index contributed by atoms with van der Waals surface area (Å²) in [6.07, 6.45) is 3.00. The average molecular weight is 239 g/mol. The van der Waals surface area contributed by atoms with Crippen LogP contribution in [0.2, 0.25) is 0 Å². The summed E-state index contributed by atoms with van der Waals surface area (Å²) in [5.41, 5.74) is 1.93. The lowest BCUT2D eigenvalue weighted by Gasteiger charge is -2.06. The third-order valence-corrected chi connectivity index (χ3v) is 2.95. The summed E-state index contributed by atoms with van der Waals surface area (Å²) in [6.45, 7) is 0. The predicted molar refractivity (Wildman–Crippen MR) is 68.3 cm³/mol. The predicted octanol–water partition coefficient (Wildman–Crippen LogP) is 3.28. The van der Waals surface area contributed by atoms with Crippen LogP contribution in [0, 0.1) is 11.0 Å². The molecular weight excluding hydrogens is 229 g/mol. The van der Waals surface area contributed by atoms with Gasteiger partial charge in [-0.1, -0.05) is 24.3 Å². The number of hydrogen-bond donors (Lipinski definition) is 0. The van der Waals surface area contributed by atoms with Gasteiger partial charge in [-0.05, 0) is 29.3 Å². The third kappa shape index (κ3) is 1.80. The first kappa shape index (κ1) is 10.7. The molecule has 18 heavy (non-hydrogen) atoms. The molecule has 0 aliphatic heterocycles. The molecule has 3 aromatic rings. The second-order valence-electron chi connectivity index (χ2n) is 4.12. The van der Waals surface area contributed by atoms with Crippen molar-refractivity contribution in [3.8, 4) is 11.1 Å². The molecular formula is C15H10FNO. The molecule has 0 radical (unpaired) electrons. The van der Waals surface area contributed by atoms with Crippen molar-refractivity contribution in [1.82, 2.24) is 0 Å². The Morgan fingerprint density at radius 1 is 0.944 bits per heavy atom. The molecule has 0 amide bonds. The van der Waals surface area contributed by atoms with E-state index >= 15 is 0 Å². The van der Waals surface area contributed by atoms with Crippen molar-refractivity contribution in [3.05, 3.63) is 71.9 Å². The molecule has 0 atom stereocenters. The Hall–Kier alpha value is -2.42. The second kappa shape index (κ2) is 4.11. The third-order valence-electron chi connectivity index (χ3n) is 2.95. The van der Waals surface area contributed by atoms with Crippen LogP contribution >= 0.6 is 0 Å². The standard InChI is InChI=1S/C15H10FNO/c16-13-6-4-11(5-7-13)14-3-1-2-12-10-17(18)9-8-15(12)14/h1-10H. The number of pyridine rings is 1. The maximum Gasteiger partial charge on any atom is 0.188 e. The molecule has 0 saturated carbocycles. The molecule has 1 aromatic heterocycles. The number of fused-ring (bicyclic) bond motifs is 1. The molecule has 2 nitrogen and oxygen atoms in total. The SMILES string of the molecule is [O-][n+]1ccc2c(-c3ccc(F)cc3)cccc2c1. The lowest BCUT2D eigenvalue weighted by atomic mass is 10.00. The maximum absolute atomic E-state index is 12.9. The number of benzene rings is 2. The fourth-order valence-corrected chi connectivity index (χ4v) is 2.09. The molecule has 1 heterocycles. The van der Waals surface area contributed by atoms with Crippen LogP contribution in [0.4, 0.5) is 4.39 Å². The largest absolute Gasteiger partial charge is 0.619 e. The summed E-state index contributed by atoms with van der Waals surface area (Å²) in [7, 11) is 0. The quantitative estimate of drug-likeness (QED) is 0.473. The highest BCUT2D eigenvalue weighted by Gasteiger charge is 2.05. The first-order valence-electron chi connectivity index (χ1n) is 5.61. The Bertz CT molecular complexity index is 707. The normalized spacial score (nSPS) is 10.7. The van der Waals surface area contributed by atoms with Crippen molar-refractivity contribution in [3.63, 3.8) is 0 Å². The molecule has 0 fully saturated rings. The first-order valence-corrected chi connectivity index (χ1v) is 5.61. The zero-order chi connectivity index (χ0) is 12.5. The van der Waals surface area contributed by atoms with Crippen molar-refractivity contribution in [2.45, 2.75) is 0 Å². The van der Waals surface area contributed by atoms with Crippen LogP contribution in [-0.4, -0.2) is 0 Å². The fraction of sp³-hybridized carbons (Fsp3) is 0. The second-order valence-corrected chi connectivity index (χ2v) is 4.12. The van der Waals surface area contributed by atoms with Gasteiger partial charge in [-0.2, -0.15) is 4.73 Å². The molecule has 2 aromatic carbocycles. The van der Waals surface area contributed by atoms with Gasteiger partial charge < -0.3 is 5.21 Å². The molecule has 3 heteroatoms. The van der Waals surface area contributed by atoms with Crippen LogP contribution in [0.3, 0.4) is 0 Å². The number of halogens is 1. The summed E-state index contributed by atoms with van der Waals surface area (Å²) in [4.78, 5) is 0. The highest BCUT2D eigenvalue weighted by Crippen LogP contribution is 2.27. The van der Waals surface area contributed by atoms with Gasteiger partial charge in [-0.3, -0.25) is 0 Å². The van der Waals surface area contributed by atoms with Crippen molar-refractivity contribution < 1.29 is 9.12 Å². The van der Waals surface area contributed by atoms with Gasteiger partial charge in [0.1, 0.15) is 5.82 Å². The molecule has 0 unspecified atom stereocenters. The van der Waals surface area contributed by atoms with Gasteiger partial charge in [0.2, 0.25) is 0 Å². The van der Waals surface area contributed by atoms with E-state index in [9.17, 15) is 9.60 Å². The van der Waals surface area contributed by atoms with E-state index in [2.05, 4.69) is 0 Å². The molecule has 0 spiro atoms. The molecule has 0 bridgehead atoms. The minimum Gasteiger partial charge on any atom is -0.619 e. The van der Waals surface area contributed by atoms with Crippen LogP contribution in [0.1, 0.15) is 0 Å². The highest BCUT2D eigenvalue weighted by molar-refractivity contribution is 5.95. The van der Waals surface area contributed by atoms with Gasteiger partial charge in [0.15, 0.2) is 12.4 Å². The molecule has 0 saturated heterocycles. The Kier molecular flexibility index (Phi) is 2.45. The van der Waals surface area contributed by atoms with E-state index in [1.165, 1.54) is 24.5 Å². The van der Waals surface area contributed by atoms with Crippen molar-refractivity contribution >= 4 is 10.8 Å². The van der Waals surface area contributed by atoms with E-state index in [4.69, 9.17) is 0 Å². The van der Waals surface area contributed by atoms with Crippen LogP contribution in [0.15, 0.2) is 60.9 Å². The molecule has 3 rings (SSSR count). The van der Waals surface area contributed by atoms with E-state index in [1.54, 1.807) is 18.2 Å². The van der Waals surface area contributed by atoms with Crippen LogP contribution in [-0.2, 0) is 0 Å². The summed E-state index contributed by atoms with van der Waals surface area (Å²) in [5, 5.41) is 13.1. The number of rotatable bonds is 1. The topological polar surface area (TPSA) is 26.9 Å². The maximum atomic E-state index is 12.9. The highest BCUT2D eigenvalue weighted by atomic mass is 19.1. The summed E-state index contributed by atoms with van der Waals surface area (Å²) >= 11 is 0. The van der Waals surface area contributed by atoms with Crippen molar-refractivity contribution in [2.24, 2.45) is 0 Å². The van der Waals surface area contributed by atoms with Crippen molar-refractivity contribution in [2.75, 3.05) is 0 Å². The van der Waals surface area contributed by atoms with E-state index in [0.717, 1.165) is 26.6 Å². The summed E-state index contributed by atoms with van der Waals surface area (Å²) in [6, 6.07) is 13.9. The number of hydrogen-bond acceptors (Lipinski definition) is 1. The van der Waals surface area contributed by atoms with Gasteiger partial charge in [0, 0.05) is 16.8 Å². The Morgan fingerprint density at radius 2 is 1.72 bits per heavy atom. The fourth-order valence-electron chi connectivity index (χ4n) is 2.09. The van der Waals surface area contributed by atoms with Gasteiger partial charge in [0.25, 0.3) is 0 Å². The minimum atomic E-state index is -0.253. The van der Waals surface area contributed by atoms with E-state index in [1.807, 2.05) is 18.2 Å². The van der Waals surface area contributed by atoms with Crippen LogP contribution in [0.5, 0.6) is 0 Å². The number of nitrogens with zero attached hydrogens (tertiary/aromatic N) is 1. The monoisotopic (exact) mass is 239 g/mol. The molecule has 0 aliphatic carbocycles. The van der Waals surface area contributed by atoms with E-state index in [0.29, 0.717) is 0 Å². The summed E-state index contributed by atoms with van der Waals surface area (Å²) < 4.78 is 13.7. The zero-order valence-electron chi connectivity index (χ0n) is 9.51. The Balaban J connectivity index is 2.26. The van der Waals surface area contributed by atoms with Gasteiger partial charge >= 0.3 is 0 Å². The smallest absolute Gasteiger partial charge is 0.188 e. The van der Waals surface area contributed by atoms with E-state index in [-0.39, 0.29) is 5.82 Å². The molecule has 88 valence electrons. The van der Waals surface area contributed by atoms with Crippen LogP contribution < -0.4 is 4.73 Å². The van der Waals surface area contributed by atoms with Gasteiger partial charge in [0.05, 0.1) is 0 Å². The summed E-state index contributed by atoms with van der Waals surface area (Å²) in [5.74, 6) is -0.253. The Morgan fingerprint density at radius 3 is 2.50 bits per heavy atom. The van der Waals surface area contributed by atoms with Gasteiger partial charge in [-0.15, -0.1) is 0 Å². The average Bonchev–Trinajstić information content (AvgIpc) is 2.38.